The second-order valence-corrected chi connectivity index (χ2v) is 8.23. The number of imide groups is 1. The van der Waals surface area contributed by atoms with Gasteiger partial charge in [-0.3, -0.25) is 19.3 Å². The lowest BCUT2D eigenvalue weighted by Crippen LogP contribution is -2.54. The molecule has 31 heavy (non-hydrogen) atoms. The molecule has 1 aromatic carbocycles. The third-order valence-corrected chi connectivity index (χ3v) is 6.10. The fourth-order valence-corrected chi connectivity index (χ4v) is 4.25. The lowest BCUT2D eigenvalue weighted by atomic mass is 9.93. The highest BCUT2D eigenvalue weighted by Crippen LogP contribution is 2.26. The molecule has 0 bridgehead atoms. The van der Waals surface area contributed by atoms with E-state index in [0.717, 1.165) is 0 Å². The third kappa shape index (κ3) is 4.51. The lowest BCUT2D eigenvalue weighted by Gasteiger charge is -2.39. The van der Waals surface area contributed by atoms with Crippen LogP contribution in [-0.4, -0.2) is 58.3 Å². The molecule has 160 valence electrons. The highest BCUT2D eigenvalue weighted by atomic mass is 35.5. The maximum absolute atomic E-state index is 12.8. The Bertz CT molecular complexity index is 1000. The Morgan fingerprint density at radius 1 is 1.03 bits per heavy atom. The molecule has 1 fully saturated rings. The van der Waals surface area contributed by atoms with Crippen molar-refractivity contribution in [3.05, 3.63) is 59.2 Å². The molecule has 2 aliphatic heterocycles. The number of aliphatic imine (C=N–C) groups is 1. The Labute approximate surface area is 185 Å². The van der Waals surface area contributed by atoms with Crippen LogP contribution in [0.15, 0.2) is 53.6 Å². The minimum atomic E-state index is -0.533. The van der Waals surface area contributed by atoms with E-state index in [9.17, 15) is 19.2 Å². The number of urea groups is 1. The fourth-order valence-electron chi connectivity index (χ4n) is 4.12. The van der Waals surface area contributed by atoms with E-state index in [2.05, 4.69) is 4.99 Å². The number of hydrogen-bond acceptors (Lipinski definition) is 4. The number of rotatable bonds is 5. The number of hydrogen-bond donors (Lipinski definition) is 0. The van der Waals surface area contributed by atoms with Gasteiger partial charge in [0, 0.05) is 42.6 Å². The summed E-state index contributed by atoms with van der Waals surface area (Å²) in [6.07, 6.45) is 8.23. The van der Waals surface area contributed by atoms with Crippen molar-refractivity contribution in [2.24, 2.45) is 10.9 Å². The molecule has 7 nitrogen and oxygen atoms in total. The molecule has 0 N–H and O–H groups in total. The van der Waals surface area contributed by atoms with Gasteiger partial charge in [-0.25, -0.2) is 4.79 Å². The summed E-state index contributed by atoms with van der Waals surface area (Å²) >= 11 is 5.83. The van der Waals surface area contributed by atoms with E-state index in [0.29, 0.717) is 42.2 Å². The minimum absolute atomic E-state index is 0.0993. The molecule has 4 rings (SSSR count). The van der Waals surface area contributed by atoms with E-state index < -0.39 is 11.9 Å². The number of piperidine rings is 1. The first kappa shape index (κ1) is 21.2. The van der Waals surface area contributed by atoms with Crippen LogP contribution in [0.4, 0.5) is 4.79 Å². The van der Waals surface area contributed by atoms with Gasteiger partial charge in [0.1, 0.15) is 0 Å². The lowest BCUT2D eigenvalue weighted by molar-refractivity contribution is -0.134. The van der Waals surface area contributed by atoms with Crippen molar-refractivity contribution in [1.82, 2.24) is 9.80 Å². The summed E-state index contributed by atoms with van der Waals surface area (Å²) in [5.74, 6) is -0.972. The molecule has 2 heterocycles. The number of fused-ring (bicyclic) bond motifs is 1. The van der Waals surface area contributed by atoms with E-state index in [-0.39, 0.29) is 36.5 Å². The van der Waals surface area contributed by atoms with Crippen molar-refractivity contribution in [2.45, 2.75) is 31.7 Å². The summed E-state index contributed by atoms with van der Waals surface area (Å²) in [6, 6.07) is 5.80. The molecular formula is C23H22ClN3O4. The summed E-state index contributed by atoms with van der Waals surface area (Å²) in [4.78, 5) is 57.1. The van der Waals surface area contributed by atoms with Crippen LogP contribution in [0.5, 0.6) is 0 Å². The highest BCUT2D eigenvalue weighted by Gasteiger charge is 2.40. The molecule has 1 saturated heterocycles. The van der Waals surface area contributed by atoms with Crippen LogP contribution < -0.4 is 0 Å². The number of carbonyl (C=O) groups excluding carboxylic acids is 4. The van der Waals surface area contributed by atoms with Crippen molar-refractivity contribution in [3.8, 4) is 0 Å². The van der Waals surface area contributed by atoms with Crippen LogP contribution in [0.1, 0.15) is 36.0 Å². The zero-order valence-corrected chi connectivity index (χ0v) is 17.6. The van der Waals surface area contributed by atoms with Gasteiger partial charge < -0.3 is 4.90 Å². The molecule has 8 heteroatoms. The van der Waals surface area contributed by atoms with Crippen molar-refractivity contribution < 1.29 is 19.2 Å². The van der Waals surface area contributed by atoms with Crippen LogP contribution in [0, 0.1) is 5.92 Å². The third-order valence-electron chi connectivity index (χ3n) is 5.85. The number of ketones is 1. The summed E-state index contributed by atoms with van der Waals surface area (Å²) < 4.78 is 0. The van der Waals surface area contributed by atoms with Gasteiger partial charge >= 0.3 is 6.03 Å². The Morgan fingerprint density at radius 3 is 2.45 bits per heavy atom. The van der Waals surface area contributed by atoms with Crippen molar-refractivity contribution in [2.75, 3.05) is 13.1 Å². The van der Waals surface area contributed by atoms with Gasteiger partial charge in [0.2, 0.25) is 11.8 Å². The topological polar surface area (TPSA) is 87.1 Å². The van der Waals surface area contributed by atoms with Gasteiger partial charge in [-0.2, -0.15) is 4.99 Å². The molecule has 1 atom stereocenters. The second-order valence-electron chi connectivity index (χ2n) is 7.79. The molecule has 1 aliphatic carbocycles. The number of halogens is 1. The van der Waals surface area contributed by atoms with E-state index in [1.165, 1.54) is 4.90 Å². The number of likely N-dealkylation sites (tertiary alicyclic amines) is 1. The molecule has 0 aromatic heterocycles. The summed E-state index contributed by atoms with van der Waals surface area (Å²) in [6.45, 7) is 0.874. The van der Waals surface area contributed by atoms with Crippen LogP contribution in [0.3, 0.4) is 0 Å². The Kier molecular flexibility index (Phi) is 6.13. The maximum atomic E-state index is 12.8. The molecule has 0 radical (unpaired) electrons. The van der Waals surface area contributed by atoms with Crippen LogP contribution in [-0.2, 0) is 9.59 Å². The molecule has 4 amide bonds. The molecular weight excluding hydrogens is 418 g/mol. The Hall–Kier alpha value is -3.06. The number of allylic oxidation sites excluding steroid dienone is 3. The maximum Gasteiger partial charge on any atom is 0.350 e. The van der Waals surface area contributed by atoms with E-state index in [1.54, 1.807) is 53.5 Å². The quantitative estimate of drug-likeness (QED) is 0.657. The monoisotopic (exact) mass is 439 g/mol. The van der Waals surface area contributed by atoms with Crippen LogP contribution in [0.2, 0.25) is 5.02 Å². The second kappa shape index (κ2) is 8.98. The molecule has 0 saturated carbocycles. The number of amides is 4. The first-order valence-corrected chi connectivity index (χ1v) is 10.7. The van der Waals surface area contributed by atoms with Gasteiger partial charge in [0.15, 0.2) is 5.78 Å². The fraction of sp³-hybridized carbons (Fsp3) is 0.348. The van der Waals surface area contributed by atoms with Crippen molar-refractivity contribution >= 4 is 40.9 Å². The van der Waals surface area contributed by atoms with Crippen molar-refractivity contribution in [3.63, 3.8) is 0 Å². The van der Waals surface area contributed by atoms with Gasteiger partial charge in [-0.15, -0.1) is 0 Å². The van der Waals surface area contributed by atoms with E-state index in [4.69, 9.17) is 11.6 Å². The molecule has 1 aromatic rings. The molecule has 1 unspecified atom stereocenters. The van der Waals surface area contributed by atoms with E-state index in [1.807, 2.05) is 0 Å². The van der Waals surface area contributed by atoms with Crippen molar-refractivity contribution in [1.29, 1.82) is 0 Å². The SMILES string of the molecule is O=C(CCC(=O)N1CCC(N2C(=O)N=C3C=CC=CC3C2=O)CC1)c1ccc(Cl)cc1. The number of benzene rings is 1. The van der Waals surface area contributed by atoms with Gasteiger partial charge in [0.25, 0.3) is 0 Å². The smallest absolute Gasteiger partial charge is 0.343 e. The highest BCUT2D eigenvalue weighted by molar-refractivity contribution is 6.30. The summed E-state index contributed by atoms with van der Waals surface area (Å²) in [5.41, 5.74) is 1.01. The van der Waals surface area contributed by atoms with Gasteiger partial charge in [-0.1, -0.05) is 29.8 Å². The predicted molar refractivity (Wildman–Crippen MR) is 116 cm³/mol. The summed E-state index contributed by atoms with van der Waals surface area (Å²) in [7, 11) is 0. The zero-order valence-electron chi connectivity index (χ0n) is 16.9. The Balaban J connectivity index is 1.30. The predicted octanol–water partition coefficient (Wildman–Crippen LogP) is 3.44. The van der Waals surface area contributed by atoms with E-state index >= 15 is 0 Å². The van der Waals surface area contributed by atoms with Crippen LogP contribution in [0.25, 0.3) is 0 Å². The van der Waals surface area contributed by atoms with Gasteiger partial charge in [-0.05, 0) is 43.2 Å². The van der Waals surface area contributed by atoms with Gasteiger partial charge in [0.05, 0.1) is 11.6 Å². The average Bonchev–Trinajstić information content (AvgIpc) is 2.78. The number of Topliss-reactive ketones (excluding diaryl/α,β-unsaturated/α-hetero) is 1. The minimum Gasteiger partial charge on any atom is -0.343 e. The first-order valence-electron chi connectivity index (χ1n) is 10.3. The Morgan fingerprint density at radius 2 is 1.74 bits per heavy atom. The average molecular weight is 440 g/mol. The molecule has 3 aliphatic rings. The standard InChI is InChI=1S/C23H22ClN3O4/c24-16-7-5-15(6-8-16)20(28)9-10-21(29)26-13-11-17(12-14-26)27-22(30)18-3-1-2-4-19(18)25-23(27)31/h1-8,17-18H,9-14H2. The van der Waals surface area contributed by atoms with Crippen LogP contribution >= 0.6 is 11.6 Å². The molecule has 0 spiro atoms. The largest absolute Gasteiger partial charge is 0.350 e. The number of nitrogens with zero attached hydrogens (tertiary/aromatic N) is 3. The summed E-state index contributed by atoms with van der Waals surface area (Å²) in [5, 5.41) is 0.555. The number of carbonyl (C=O) groups is 4. The normalized spacial score (nSPS) is 21.2. The zero-order chi connectivity index (χ0) is 22.0. The first-order chi connectivity index (χ1) is 14.9.